The van der Waals surface area contributed by atoms with Crippen molar-refractivity contribution in [2.45, 2.75) is 16.8 Å². The second kappa shape index (κ2) is 5.94. The van der Waals surface area contributed by atoms with Crippen LogP contribution >= 0.6 is 11.8 Å². The molecule has 6 heteroatoms. The van der Waals surface area contributed by atoms with E-state index in [-0.39, 0.29) is 11.2 Å². The maximum Gasteiger partial charge on any atom is 0.240 e. The number of amides is 1. The zero-order valence-electron chi connectivity index (χ0n) is 11.1. The third-order valence-electron chi connectivity index (χ3n) is 3.25. The molecule has 0 spiro atoms. The van der Waals surface area contributed by atoms with Crippen molar-refractivity contribution in [2.24, 2.45) is 0 Å². The molecular formula is C15H12N4OS. The second-order valence-corrected chi connectivity index (χ2v) is 5.74. The summed E-state index contributed by atoms with van der Waals surface area (Å²) in [6.07, 6.45) is 4.11. The molecular weight excluding hydrogens is 284 g/mol. The van der Waals surface area contributed by atoms with Crippen molar-refractivity contribution in [1.29, 1.82) is 5.26 Å². The van der Waals surface area contributed by atoms with Gasteiger partial charge < -0.3 is 4.90 Å². The fourth-order valence-corrected chi connectivity index (χ4v) is 3.16. The van der Waals surface area contributed by atoms with Gasteiger partial charge in [0.2, 0.25) is 5.91 Å². The zero-order chi connectivity index (χ0) is 14.7. The van der Waals surface area contributed by atoms with Gasteiger partial charge >= 0.3 is 0 Å². The summed E-state index contributed by atoms with van der Waals surface area (Å²) < 4.78 is 0. The first kappa shape index (κ1) is 13.6. The summed E-state index contributed by atoms with van der Waals surface area (Å²) in [5, 5.41) is 9.28. The van der Waals surface area contributed by atoms with E-state index in [1.54, 1.807) is 35.5 Å². The summed E-state index contributed by atoms with van der Waals surface area (Å²) in [6.45, 7) is 0.676. The van der Waals surface area contributed by atoms with Gasteiger partial charge in [0.15, 0.2) is 5.16 Å². The summed E-state index contributed by atoms with van der Waals surface area (Å²) in [5.41, 5.74) is 1.42. The molecule has 2 aromatic rings. The molecule has 1 unspecified atom stereocenters. The van der Waals surface area contributed by atoms with Crippen molar-refractivity contribution < 1.29 is 4.79 Å². The number of hydrogen-bond acceptors (Lipinski definition) is 5. The van der Waals surface area contributed by atoms with Crippen molar-refractivity contribution in [2.75, 3.05) is 11.4 Å². The molecule has 0 bridgehead atoms. The highest BCUT2D eigenvalue weighted by atomic mass is 32.2. The fourth-order valence-electron chi connectivity index (χ4n) is 2.21. The van der Waals surface area contributed by atoms with Crippen LogP contribution in [0.3, 0.4) is 0 Å². The van der Waals surface area contributed by atoms with Gasteiger partial charge in [-0.15, -0.1) is 0 Å². The number of nitriles is 1. The van der Waals surface area contributed by atoms with E-state index in [1.165, 1.54) is 11.8 Å². The smallest absolute Gasteiger partial charge is 0.240 e. The molecule has 1 aliphatic rings. The monoisotopic (exact) mass is 296 g/mol. The van der Waals surface area contributed by atoms with Crippen LogP contribution < -0.4 is 4.90 Å². The summed E-state index contributed by atoms with van der Waals surface area (Å²) >= 11 is 1.40. The Bertz CT molecular complexity index is 681. The summed E-state index contributed by atoms with van der Waals surface area (Å²) in [6, 6.07) is 10.9. The van der Waals surface area contributed by atoms with E-state index in [1.807, 2.05) is 12.1 Å². The van der Waals surface area contributed by atoms with E-state index in [4.69, 9.17) is 5.26 Å². The molecule has 1 atom stereocenters. The minimum Gasteiger partial charge on any atom is -0.311 e. The Morgan fingerprint density at radius 2 is 1.95 bits per heavy atom. The van der Waals surface area contributed by atoms with Gasteiger partial charge in [0.25, 0.3) is 0 Å². The highest BCUT2D eigenvalue weighted by Gasteiger charge is 2.33. The van der Waals surface area contributed by atoms with Crippen LogP contribution in [0.4, 0.5) is 5.69 Å². The van der Waals surface area contributed by atoms with Crippen molar-refractivity contribution in [3.63, 3.8) is 0 Å². The predicted molar refractivity (Wildman–Crippen MR) is 79.8 cm³/mol. The Kier molecular flexibility index (Phi) is 3.84. The number of thioether (sulfide) groups is 1. The third kappa shape index (κ3) is 2.88. The second-order valence-electron chi connectivity index (χ2n) is 4.58. The SMILES string of the molecule is N#Cc1ccc(N2CCC(Sc3ncccn3)C2=O)cc1. The van der Waals surface area contributed by atoms with E-state index in [2.05, 4.69) is 16.0 Å². The van der Waals surface area contributed by atoms with Gasteiger partial charge in [-0.1, -0.05) is 11.8 Å². The van der Waals surface area contributed by atoms with Crippen LogP contribution in [0, 0.1) is 11.3 Å². The number of nitrogens with zero attached hydrogens (tertiary/aromatic N) is 4. The summed E-state index contributed by atoms with van der Waals surface area (Å²) in [4.78, 5) is 22.5. The van der Waals surface area contributed by atoms with Crippen molar-refractivity contribution in [3.05, 3.63) is 48.3 Å². The maximum absolute atomic E-state index is 12.4. The van der Waals surface area contributed by atoms with E-state index in [9.17, 15) is 4.79 Å². The van der Waals surface area contributed by atoms with Gasteiger partial charge in [0.1, 0.15) is 0 Å². The van der Waals surface area contributed by atoms with E-state index >= 15 is 0 Å². The molecule has 1 aromatic heterocycles. The Labute approximate surface area is 126 Å². The van der Waals surface area contributed by atoms with Gasteiger partial charge in [-0.05, 0) is 36.8 Å². The maximum atomic E-state index is 12.4. The quantitative estimate of drug-likeness (QED) is 0.812. The van der Waals surface area contributed by atoms with Crippen molar-refractivity contribution in [1.82, 2.24) is 9.97 Å². The van der Waals surface area contributed by atoms with Crippen LogP contribution in [0.5, 0.6) is 0 Å². The predicted octanol–water partition coefficient (Wildman–Crippen LogP) is 2.25. The average Bonchev–Trinajstić information content (AvgIpc) is 2.89. The molecule has 1 amide bonds. The molecule has 1 fully saturated rings. The largest absolute Gasteiger partial charge is 0.311 e. The van der Waals surface area contributed by atoms with E-state index in [0.29, 0.717) is 17.3 Å². The highest BCUT2D eigenvalue weighted by Crippen LogP contribution is 2.31. The zero-order valence-corrected chi connectivity index (χ0v) is 12.0. The number of anilines is 1. The fraction of sp³-hybridized carbons (Fsp3) is 0.200. The molecule has 0 saturated carbocycles. The molecule has 2 heterocycles. The standard InChI is InChI=1S/C15H12N4OS/c16-10-11-2-4-12(5-3-11)19-9-6-13(14(19)20)21-15-17-7-1-8-18-15/h1-5,7-8,13H,6,9H2. The number of aromatic nitrogens is 2. The minimum absolute atomic E-state index is 0.0668. The summed E-state index contributed by atoms with van der Waals surface area (Å²) in [7, 11) is 0. The van der Waals surface area contributed by atoms with E-state index < -0.39 is 0 Å². The lowest BCUT2D eigenvalue weighted by molar-refractivity contribution is -0.116. The molecule has 1 saturated heterocycles. The Hall–Kier alpha value is -2.39. The first-order valence-corrected chi connectivity index (χ1v) is 7.41. The van der Waals surface area contributed by atoms with Crippen LogP contribution in [-0.2, 0) is 4.79 Å². The summed E-state index contributed by atoms with van der Waals surface area (Å²) in [5.74, 6) is 0.0668. The lowest BCUT2D eigenvalue weighted by Gasteiger charge is -2.16. The number of hydrogen-bond donors (Lipinski definition) is 0. The number of rotatable bonds is 3. The Morgan fingerprint density at radius 1 is 1.24 bits per heavy atom. The van der Waals surface area contributed by atoms with Crippen LogP contribution in [0.25, 0.3) is 0 Å². The molecule has 104 valence electrons. The van der Waals surface area contributed by atoms with Crippen LogP contribution in [0.1, 0.15) is 12.0 Å². The first-order chi connectivity index (χ1) is 10.3. The molecule has 0 radical (unpaired) electrons. The normalized spacial score (nSPS) is 17.8. The van der Waals surface area contributed by atoms with Gasteiger partial charge in [0.05, 0.1) is 16.9 Å². The van der Waals surface area contributed by atoms with Crippen LogP contribution in [-0.4, -0.2) is 27.7 Å². The third-order valence-corrected chi connectivity index (χ3v) is 4.40. The lowest BCUT2D eigenvalue weighted by Crippen LogP contribution is -2.28. The number of benzene rings is 1. The molecule has 5 nitrogen and oxygen atoms in total. The van der Waals surface area contributed by atoms with Crippen LogP contribution in [0.15, 0.2) is 47.9 Å². The van der Waals surface area contributed by atoms with Gasteiger partial charge in [-0.2, -0.15) is 5.26 Å². The lowest BCUT2D eigenvalue weighted by atomic mass is 10.2. The molecule has 1 aromatic carbocycles. The van der Waals surface area contributed by atoms with Gasteiger partial charge in [-0.3, -0.25) is 4.79 Å². The Balaban J connectivity index is 1.72. The Morgan fingerprint density at radius 3 is 2.62 bits per heavy atom. The highest BCUT2D eigenvalue weighted by molar-refractivity contribution is 8.00. The molecule has 0 aliphatic carbocycles. The minimum atomic E-state index is -0.150. The number of carbonyl (C=O) groups is 1. The van der Waals surface area contributed by atoms with E-state index in [0.717, 1.165) is 12.1 Å². The van der Waals surface area contributed by atoms with Gasteiger partial charge in [-0.25, -0.2) is 9.97 Å². The number of carbonyl (C=O) groups excluding carboxylic acids is 1. The molecule has 3 rings (SSSR count). The molecule has 0 N–H and O–H groups in total. The topological polar surface area (TPSA) is 69.9 Å². The molecule has 1 aliphatic heterocycles. The molecule has 21 heavy (non-hydrogen) atoms. The van der Waals surface area contributed by atoms with Crippen LogP contribution in [0.2, 0.25) is 0 Å². The van der Waals surface area contributed by atoms with Crippen molar-refractivity contribution >= 4 is 23.4 Å². The average molecular weight is 296 g/mol. The van der Waals surface area contributed by atoms with Crippen molar-refractivity contribution in [3.8, 4) is 6.07 Å². The first-order valence-electron chi connectivity index (χ1n) is 6.53. The van der Waals surface area contributed by atoms with Gasteiger partial charge in [0, 0.05) is 24.6 Å².